The minimum atomic E-state index is -0.0174. The van der Waals surface area contributed by atoms with Crippen LogP contribution in [-0.2, 0) is 0 Å². The maximum absolute atomic E-state index is 13.0. The first kappa shape index (κ1) is 23.1. The molecule has 0 saturated carbocycles. The van der Waals surface area contributed by atoms with Crippen LogP contribution in [0.3, 0.4) is 0 Å². The van der Waals surface area contributed by atoms with Gasteiger partial charge in [0, 0.05) is 38.8 Å². The Hall–Kier alpha value is -2.54. The van der Waals surface area contributed by atoms with Crippen molar-refractivity contribution in [3.05, 3.63) is 35.0 Å². The van der Waals surface area contributed by atoms with Gasteiger partial charge in [-0.05, 0) is 18.2 Å². The van der Waals surface area contributed by atoms with Crippen LogP contribution in [0.1, 0.15) is 10.4 Å². The monoisotopic (exact) mass is 506 g/mol. The number of aromatic nitrogens is 2. The number of amides is 1. The normalized spacial score (nSPS) is 13.9. The van der Waals surface area contributed by atoms with Crippen LogP contribution in [0, 0.1) is 11.8 Å². The van der Waals surface area contributed by atoms with Crippen LogP contribution in [0.4, 0.5) is 17.5 Å². The molecule has 1 aromatic heterocycles. The Morgan fingerprint density at radius 2 is 2.06 bits per heavy atom. The van der Waals surface area contributed by atoms with Gasteiger partial charge in [-0.15, -0.1) is 0 Å². The number of carbonyl (C=O) groups is 1. The van der Waals surface area contributed by atoms with Crippen molar-refractivity contribution in [1.82, 2.24) is 19.8 Å². The maximum Gasteiger partial charge on any atom is 0.254 e. The second-order valence-corrected chi connectivity index (χ2v) is 7.70. The van der Waals surface area contributed by atoms with Crippen LogP contribution in [0.2, 0.25) is 5.02 Å². The molecule has 1 aliphatic heterocycles. The maximum atomic E-state index is 13.0. The summed E-state index contributed by atoms with van der Waals surface area (Å²) in [4.78, 5) is 25.6. The van der Waals surface area contributed by atoms with Gasteiger partial charge < -0.3 is 20.3 Å². The van der Waals surface area contributed by atoms with Crippen molar-refractivity contribution < 1.29 is 9.53 Å². The van der Waals surface area contributed by atoms with E-state index in [2.05, 4.69) is 53.3 Å². The average Bonchev–Trinajstić information content (AvgIpc) is 2.80. The zero-order valence-electron chi connectivity index (χ0n) is 17.4. The molecule has 0 unspecified atom stereocenters. The highest BCUT2D eigenvalue weighted by atomic mass is 79.9. The second-order valence-electron chi connectivity index (χ2n) is 6.74. The van der Waals surface area contributed by atoms with Crippen molar-refractivity contribution in [3.8, 4) is 17.6 Å². The Labute approximate surface area is 195 Å². The smallest absolute Gasteiger partial charge is 0.254 e. The summed E-state index contributed by atoms with van der Waals surface area (Å²) < 4.78 is 5.49. The third-order valence-corrected chi connectivity index (χ3v) is 5.39. The van der Waals surface area contributed by atoms with E-state index >= 15 is 0 Å². The molecule has 10 heteroatoms. The molecule has 0 atom stereocenters. The first-order valence-corrected chi connectivity index (χ1v) is 11.2. The molecule has 1 aromatic carbocycles. The number of hydrogen-bond acceptors (Lipinski definition) is 7. The number of hydrogen-bond donors (Lipinski definition) is 2. The highest BCUT2D eigenvalue weighted by Crippen LogP contribution is 2.29. The standard InChI is InChI=1S/C21H24BrClN6O2/c1-24-19-16(23)14-25-21(27-19)26-17-6-5-15(13-18(17)31-2)20(30)29-11-9-28(10-12-29)8-4-3-7-22/h5-6,13-14H,7-12H2,1-2H3,(H2,24,25,26,27). The minimum absolute atomic E-state index is 0.0174. The second kappa shape index (κ2) is 11.2. The molecule has 3 rings (SSSR count). The minimum Gasteiger partial charge on any atom is -0.495 e. The lowest BCUT2D eigenvalue weighted by atomic mass is 10.1. The van der Waals surface area contributed by atoms with Crippen molar-refractivity contribution in [1.29, 1.82) is 0 Å². The molecule has 31 heavy (non-hydrogen) atoms. The van der Waals surface area contributed by atoms with E-state index in [1.54, 1.807) is 32.4 Å². The van der Waals surface area contributed by atoms with Gasteiger partial charge in [0.25, 0.3) is 5.91 Å². The predicted molar refractivity (Wildman–Crippen MR) is 127 cm³/mol. The third-order valence-electron chi connectivity index (χ3n) is 4.83. The van der Waals surface area contributed by atoms with Gasteiger partial charge in [-0.25, -0.2) is 4.98 Å². The summed E-state index contributed by atoms with van der Waals surface area (Å²) in [6.07, 6.45) is 1.51. The fraction of sp³-hybridized carbons (Fsp3) is 0.381. The molecule has 1 saturated heterocycles. The van der Waals surface area contributed by atoms with Gasteiger partial charge in [-0.3, -0.25) is 9.69 Å². The number of carbonyl (C=O) groups excluding carboxylic acids is 1. The molecule has 164 valence electrons. The zero-order chi connectivity index (χ0) is 22.2. The molecule has 0 aliphatic carbocycles. The van der Waals surface area contributed by atoms with Crippen molar-refractivity contribution in [2.75, 3.05) is 62.8 Å². The van der Waals surface area contributed by atoms with E-state index in [1.807, 2.05) is 4.90 Å². The summed E-state index contributed by atoms with van der Waals surface area (Å²) in [6, 6.07) is 5.29. The summed E-state index contributed by atoms with van der Waals surface area (Å²) in [6.45, 7) is 3.68. The van der Waals surface area contributed by atoms with Gasteiger partial charge in [0.2, 0.25) is 5.95 Å². The fourth-order valence-corrected chi connectivity index (χ4v) is 3.54. The van der Waals surface area contributed by atoms with Crippen molar-refractivity contribution in [3.63, 3.8) is 0 Å². The number of nitrogens with zero attached hydrogens (tertiary/aromatic N) is 4. The van der Waals surface area contributed by atoms with Gasteiger partial charge in [-0.2, -0.15) is 4.98 Å². The topological polar surface area (TPSA) is 82.6 Å². The van der Waals surface area contributed by atoms with E-state index in [0.29, 0.717) is 52.2 Å². The fourth-order valence-electron chi connectivity index (χ4n) is 3.16. The molecule has 8 nitrogen and oxygen atoms in total. The quantitative estimate of drug-likeness (QED) is 0.459. The van der Waals surface area contributed by atoms with Crippen LogP contribution in [0.15, 0.2) is 24.4 Å². The molecule has 2 aromatic rings. The zero-order valence-corrected chi connectivity index (χ0v) is 19.8. The van der Waals surface area contributed by atoms with Crippen LogP contribution < -0.4 is 15.4 Å². The van der Waals surface area contributed by atoms with E-state index in [-0.39, 0.29) is 5.91 Å². The summed E-state index contributed by atoms with van der Waals surface area (Å²) in [5.41, 5.74) is 1.22. The Bertz CT molecular complexity index is 986. The van der Waals surface area contributed by atoms with E-state index in [1.165, 1.54) is 6.20 Å². The number of anilines is 3. The van der Waals surface area contributed by atoms with Crippen LogP contribution >= 0.6 is 27.5 Å². The Morgan fingerprint density at radius 3 is 2.74 bits per heavy atom. The molecule has 0 spiro atoms. The number of rotatable bonds is 6. The molecule has 1 amide bonds. The molecule has 2 N–H and O–H groups in total. The summed E-state index contributed by atoms with van der Waals surface area (Å²) in [7, 11) is 3.29. The summed E-state index contributed by atoms with van der Waals surface area (Å²) in [5, 5.41) is 7.12. The van der Waals surface area contributed by atoms with E-state index in [9.17, 15) is 4.79 Å². The lowest BCUT2D eigenvalue weighted by Gasteiger charge is -2.33. The molecule has 0 bridgehead atoms. The van der Waals surface area contributed by atoms with Gasteiger partial charge >= 0.3 is 0 Å². The van der Waals surface area contributed by atoms with Crippen LogP contribution in [0.5, 0.6) is 5.75 Å². The highest BCUT2D eigenvalue weighted by Gasteiger charge is 2.22. The Morgan fingerprint density at radius 1 is 1.29 bits per heavy atom. The molecule has 1 fully saturated rings. The van der Waals surface area contributed by atoms with Gasteiger partial charge in [-0.1, -0.05) is 39.4 Å². The lowest BCUT2D eigenvalue weighted by Crippen LogP contribution is -2.48. The number of alkyl halides is 1. The first-order valence-electron chi connectivity index (χ1n) is 9.74. The third kappa shape index (κ3) is 6.00. The predicted octanol–water partition coefficient (Wildman–Crippen LogP) is 3.08. The van der Waals surface area contributed by atoms with Crippen molar-refractivity contribution in [2.45, 2.75) is 0 Å². The highest BCUT2D eigenvalue weighted by molar-refractivity contribution is 9.09. The number of ether oxygens (including phenoxy) is 1. The van der Waals surface area contributed by atoms with E-state index in [4.69, 9.17) is 16.3 Å². The average molecular weight is 508 g/mol. The van der Waals surface area contributed by atoms with Crippen LogP contribution in [-0.4, -0.2) is 77.9 Å². The lowest BCUT2D eigenvalue weighted by molar-refractivity contribution is 0.0652. The molecule has 2 heterocycles. The van der Waals surface area contributed by atoms with E-state index in [0.717, 1.165) is 19.6 Å². The van der Waals surface area contributed by atoms with Gasteiger partial charge in [0.1, 0.15) is 16.6 Å². The Balaban J connectivity index is 1.67. The van der Waals surface area contributed by atoms with Crippen LogP contribution in [0.25, 0.3) is 0 Å². The van der Waals surface area contributed by atoms with Crippen molar-refractivity contribution >= 4 is 50.9 Å². The number of benzene rings is 1. The number of piperazine rings is 1. The SMILES string of the molecule is CNc1nc(Nc2ccc(C(=O)N3CCN(CC#CCBr)CC3)cc2OC)ncc1Cl. The molecule has 1 aliphatic rings. The number of nitrogens with one attached hydrogen (secondary N) is 2. The first-order chi connectivity index (χ1) is 15.0. The van der Waals surface area contributed by atoms with Gasteiger partial charge in [0.15, 0.2) is 0 Å². The molecular formula is C21H24BrClN6O2. The largest absolute Gasteiger partial charge is 0.495 e. The van der Waals surface area contributed by atoms with E-state index < -0.39 is 0 Å². The Kier molecular flexibility index (Phi) is 8.35. The molecular weight excluding hydrogens is 484 g/mol. The number of halogens is 2. The van der Waals surface area contributed by atoms with Crippen molar-refractivity contribution in [2.24, 2.45) is 0 Å². The number of methoxy groups -OCH3 is 1. The summed E-state index contributed by atoms with van der Waals surface area (Å²) >= 11 is 9.33. The molecule has 0 radical (unpaired) electrons. The van der Waals surface area contributed by atoms with Gasteiger partial charge in [0.05, 0.1) is 30.9 Å². The summed E-state index contributed by atoms with van der Waals surface area (Å²) in [5.74, 6) is 7.51.